The highest BCUT2D eigenvalue weighted by atomic mass is 19.1. The third-order valence-corrected chi connectivity index (χ3v) is 5.18. The second kappa shape index (κ2) is 11.1. The van der Waals surface area contributed by atoms with Gasteiger partial charge in [0.25, 0.3) is 0 Å². The predicted molar refractivity (Wildman–Crippen MR) is 128 cm³/mol. The van der Waals surface area contributed by atoms with Gasteiger partial charge in [0.2, 0.25) is 5.91 Å². The number of imidazole rings is 1. The standard InChI is InChI=1S/C26H23F2N5O2/c27-21-10-6-18(7-11-21)14-29-26(35)30-15-23(34)32-25-24(20-8-12-22(28)13-9-20)31-17-33(25)16-19-4-2-1-3-5-19/h1-13,17H,14-16H2,(H,32,34)(H2,29,30,35). The normalized spacial score (nSPS) is 10.6. The first-order chi connectivity index (χ1) is 17.0. The van der Waals surface area contributed by atoms with Gasteiger partial charge in [-0.05, 0) is 47.5 Å². The van der Waals surface area contributed by atoms with Gasteiger partial charge in [-0.2, -0.15) is 0 Å². The number of benzene rings is 3. The van der Waals surface area contributed by atoms with Crippen LogP contribution in [0.25, 0.3) is 11.3 Å². The molecule has 3 N–H and O–H groups in total. The smallest absolute Gasteiger partial charge is 0.315 e. The van der Waals surface area contributed by atoms with Crippen LogP contribution in [-0.2, 0) is 17.9 Å². The molecule has 0 unspecified atom stereocenters. The minimum atomic E-state index is -0.541. The van der Waals surface area contributed by atoms with E-state index < -0.39 is 11.9 Å². The summed E-state index contributed by atoms with van der Waals surface area (Å²) in [6, 6.07) is 20.7. The van der Waals surface area contributed by atoms with Gasteiger partial charge in [0.05, 0.1) is 19.4 Å². The summed E-state index contributed by atoms with van der Waals surface area (Å²) in [4.78, 5) is 29.2. The average Bonchev–Trinajstić information content (AvgIpc) is 3.25. The largest absolute Gasteiger partial charge is 0.334 e. The number of nitrogens with zero attached hydrogens (tertiary/aromatic N) is 2. The maximum atomic E-state index is 13.4. The molecule has 0 fully saturated rings. The summed E-state index contributed by atoms with van der Waals surface area (Å²) >= 11 is 0. The van der Waals surface area contributed by atoms with Crippen LogP contribution in [0, 0.1) is 11.6 Å². The summed E-state index contributed by atoms with van der Waals surface area (Å²) in [5.41, 5.74) is 2.85. The van der Waals surface area contributed by atoms with Crippen molar-refractivity contribution in [2.75, 3.05) is 11.9 Å². The zero-order chi connectivity index (χ0) is 24.6. The molecule has 0 saturated carbocycles. The van der Waals surface area contributed by atoms with Crippen molar-refractivity contribution < 1.29 is 18.4 Å². The molecule has 0 aliphatic carbocycles. The van der Waals surface area contributed by atoms with E-state index in [0.29, 0.717) is 23.6 Å². The lowest BCUT2D eigenvalue weighted by molar-refractivity contribution is -0.115. The Hall–Kier alpha value is -4.53. The van der Waals surface area contributed by atoms with Crippen molar-refractivity contribution in [3.8, 4) is 11.3 Å². The third-order valence-electron chi connectivity index (χ3n) is 5.18. The Kier molecular flexibility index (Phi) is 7.47. The van der Waals surface area contributed by atoms with Crippen LogP contribution in [0.5, 0.6) is 0 Å². The molecule has 0 atom stereocenters. The first-order valence-corrected chi connectivity index (χ1v) is 10.9. The Bertz CT molecular complexity index is 1290. The fourth-order valence-electron chi connectivity index (χ4n) is 3.42. The van der Waals surface area contributed by atoms with Crippen molar-refractivity contribution in [3.05, 3.63) is 108 Å². The molecule has 4 rings (SSSR count). The number of nitrogens with one attached hydrogen (secondary N) is 3. The zero-order valence-electron chi connectivity index (χ0n) is 18.7. The van der Waals surface area contributed by atoms with E-state index in [1.165, 1.54) is 24.3 Å². The highest BCUT2D eigenvalue weighted by Crippen LogP contribution is 2.27. The van der Waals surface area contributed by atoms with E-state index in [0.717, 1.165) is 11.1 Å². The first-order valence-electron chi connectivity index (χ1n) is 10.9. The number of urea groups is 1. The van der Waals surface area contributed by atoms with Gasteiger partial charge in [-0.3, -0.25) is 4.79 Å². The lowest BCUT2D eigenvalue weighted by atomic mass is 10.1. The Morgan fingerprint density at radius 3 is 2.14 bits per heavy atom. The lowest BCUT2D eigenvalue weighted by Crippen LogP contribution is -2.39. The summed E-state index contributed by atoms with van der Waals surface area (Å²) in [6.45, 7) is 0.358. The van der Waals surface area contributed by atoms with Crippen molar-refractivity contribution in [2.24, 2.45) is 0 Å². The Morgan fingerprint density at radius 2 is 1.46 bits per heavy atom. The third kappa shape index (κ3) is 6.50. The Balaban J connectivity index is 1.42. The van der Waals surface area contributed by atoms with Gasteiger partial charge in [0, 0.05) is 12.1 Å². The van der Waals surface area contributed by atoms with Crippen LogP contribution in [0.15, 0.2) is 85.2 Å². The molecule has 9 heteroatoms. The monoisotopic (exact) mass is 475 g/mol. The molecule has 1 aromatic heterocycles. The minimum absolute atomic E-state index is 0.187. The summed E-state index contributed by atoms with van der Waals surface area (Å²) < 4.78 is 28.2. The van der Waals surface area contributed by atoms with Crippen LogP contribution in [0.2, 0.25) is 0 Å². The second-order valence-electron chi connectivity index (χ2n) is 7.77. The van der Waals surface area contributed by atoms with Crippen molar-refractivity contribution in [1.82, 2.24) is 20.2 Å². The van der Waals surface area contributed by atoms with E-state index >= 15 is 0 Å². The van der Waals surface area contributed by atoms with Gasteiger partial charge in [0.1, 0.15) is 23.1 Å². The number of carbonyl (C=O) groups is 2. The highest BCUT2D eigenvalue weighted by Gasteiger charge is 2.17. The van der Waals surface area contributed by atoms with Crippen molar-refractivity contribution in [2.45, 2.75) is 13.1 Å². The second-order valence-corrected chi connectivity index (χ2v) is 7.77. The summed E-state index contributed by atoms with van der Waals surface area (Å²) in [5.74, 6) is -0.764. The molecular weight excluding hydrogens is 452 g/mol. The molecule has 3 aromatic carbocycles. The minimum Gasteiger partial charge on any atom is -0.334 e. The van der Waals surface area contributed by atoms with Crippen LogP contribution in [0.4, 0.5) is 19.4 Å². The molecule has 0 radical (unpaired) electrons. The number of carbonyl (C=O) groups excluding carboxylic acids is 2. The number of amides is 3. The molecule has 178 valence electrons. The molecule has 4 aromatic rings. The van der Waals surface area contributed by atoms with E-state index in [4.69, 9.17) is 0 Å². The van der Waals surface area contributed by atoms with Crippen LogP contribution in [0.3, 0.4) is 0 Å². The van der Waals surface area contributed by atoms with E-state index in [2.05, 4.69) is 20.9 Å². The van der Waals surface area contributed by atoms with Gasteiger partial charge in [-0.25, -0.2) is 18.6 Å². The number of hydrogen-bond donors (Lipinski definition) is 3. The molecule has 0 spiro atoms. The quantitative estimate of drug-likeness (QED) is 0.355. The number of hydrogen-bond acceptors (Lipinski definition) is 3. The summed E-state index contributed by atoms with van der Waals surface area (Å²) in [6.07, 6.45) is 1.60. The van der Waals surface area contributed by atoms with Crippen LogP contribution >= 0.6 is 0 Å². The van der Waals surface area contributed by atoms with Gasteiger partial charge in [-0.15, -0.1) is 0 Å². The lowest BCUT2D eigenvalue weighted by Gasteiger charge is -2.13. The van der Waals surface area contributed by atoms with Crippen LogP contribution < -0.4 is 16.0 Å². The van der Waals surface area contributed by atoms with E-state index in [9.17, 15) is 18.4 Å². The molecule has 1 heterocycles. The van der Waals surface area contributed by atoms with E-state index in [1.807, 2.05) is 30.3 Å². The van der Waals surface area contributed by atoms with Crippen LogP contribution in [-0.4, -0.2) is 28.0 Å². The summed E-state index contributed by atoms with van der Waals surface area (Å²) in [7, 11) is 0. The average molecular weight is 475 g/mol. The molecule has 0 aliphatic heterocycles. The maximum Gasteiger partial charge on any atom is 0.315 e. The van der Waals surface area contributed by atoms with Gasteiger partial charge in [0.15, 0.2) is 0 Å². The number of halogens is 2. The van der Waals surface area contributed by atoms with Crippen LogP contribution in [0.1, 0.15) is 11.1 Å². The molecule has 0 saturated heterocycles. The fraction of sp³-hybridized carbons (Fsp3) is 0.115. The van der Waals surface area contributed by atoms with Gasteiger partial charge in [-0.1, -0.05) is 42.5 Å². The Labute approximate surface area is 200 Å². The number of aromatic nitrogens is 2. The number of anilines is 1. The topological polar surface area (TPSA) is 88.1 Å². The molecule has 0 bridgehead atoms. The molecule has 3 amide bonds. The Morgan fingerprint density at radius 1 is 0.800 bits per heavy atom. The molecule has 35 heavy (non-hydrogen) atoms. The van der Waals surface area contributed by atoms with Gasteiger partial charge >= 0.3 is 6.03 Å². The highest BCUT2D eigenvalue weighted by molar-refractivity contribution is 5.96. The van der Waals surface area contributed by atoms with E-state index in [1.54, 1.807) is 35.2 Å². The van der Waals surface area contributed by atoms with Gasteiger partial charge < -0.3 is 20.5 Å². The number of rotatable bonds is 8. The van der Waals surface area contributed by atoms with Crippen molar-refractivity contribution in [1.29, 1.82) is 0 Å². The molecule has 0 aliphatic rings. The van der Waals surface area contributed by atoms with E-state index in [-0.39, 0.29) is 24.7 Å². The maximum absolute atomic E-state index is 13.4. The SMILES string of the molecule is O=C(CNC(=O)NCc1ccc(F)cc1)Nc1c(-c2ccc(F)cc2)ncn1Cc1ccccc1. The van der Waals surface area contributed by atoms with Crippen molar-refractivity contribution in [3.63, 3.8) is 0 Å². The summed E-state index contributed by atoms with van der Waals surface area (Å²) in [5, 5.41) is 7.92. The molecule has 7 nitrogen and oxygen atoms in total. The first kappa shape index (κ1) is 23.6. The van der Waals surface area contributed by atoms with Crippen molar-refractivity contribution >= 4 is 17.8 Å². The zero-order valence-corrected chi connectivity index (χ0v) is 18.7. The molecular formula is C26H23F2N5O2. The fourth-order valence-corrected chi connectivity index (χ4v) is 3.42. The predicted octanol–water partition coefficient (Wildman–Crippen LogP) is 4.31.